The number of rotatable bonds is 14. The molecule has 4 heteroatoms. The Hall–Kier alpha value is -9.64. The molecule has 4 nitrogen and oxygen atoms in total. The summed E-state index contributed by atoms with van der Waals surface area (Å²) in [6.45, 7) is 32.1. The molecule has 0 saturated heterocycles. The van der Waals surface area contributed by atoms with E-state index in [9.17, 15) is 0 Å². The lowest BCUT2D eigenvalue weighted by Crippen LogP contribution is -2.30. The standard InChI is InChI=1S/3C24H28N.C23H26N/c1-18-9-6-7-12-22(18)23-16-21(13-14-25(23)5)20-11-8-10-19(15-20)17-24(2,3)4;1-17(2)19(4)20-10-8-11-21(15-20)22-13-14-25(5)24(16-22)23-12-7-6-9-18(23)3;1-18-8-6-7-9-22(18)23-16-21(14-15-25(23)5)20-12-10-19(11-13-20)17-24(2,3)4;1-17(2)14-19-9-7-10-20(15-19)21-12-13-24(4)23(16-21)22-11-6-5-8-18(22)3/h6-16H,17H2,1-5H3;6-17,19H,1-5H3;6-16H,17H2,1-5H3;5-13,15-17H,14H2,1-4H3/q4*+1/i;19D;17D2;. The van der Waals surface area contributed by atoms with Crippen LogP contribution in [0.25, 0.3) is 89.5 Å². The van der Waals surface area contributed by atoms with E-state index in [2.05, 4.69) is 366 Å². The molecule has 0 radical (unpaired) electrons. The van der Waals surface area contributed by atoms with Gasteiger partial charge in [0.1, 0.15) is 28.2 Å². The smallest absolute Gasteiger partial charge is 0.201 e. The number of benzene rings is 8. The zero-order valence-corrected chi connectivity index (χ0v) is 62.8. The predicted octanol–water partition coefficient (Wildman–Crippen LogP) is 22.7. The van der Waals surface area contributed by atoms with Crippen molar-refractivity contribution in [1.82, 2.24) is 0 Å². The largest absolute Gasteiger partial charge is 0.213 e. The van der Waals surface area contributed by atoms with E-state index in [1.807, 2.05) is 52.0 Å². The van der Waals surface area contributed by atoms with E-state index in [1.165, 1.54) is 106 Å². The van der Waals surface area contributed by atoms with Crippen LogP contribution in [0.5, 0.6) is 0 Å². The van der Waals surface area contributed by atoms with Crippen LogP contribution in [-0.2, 0) is 47.4 Å². The fourth-order valence-electron chi connectivity index (χ4n) is 12.8. The molecule has 0 aliphatic heterocycles. The van der Waals surface area contributed by atoms with Crippen LogP contribution in [0.2, 0.25) is 0 Å². The summed E-state index contributed by atoms with van der Waals surface area (Å²) < 4.78 is 34.3. The molecule has 0 spiro atoms. The van der Waals surface area contributed by atoms with Crippen LogP contribution < -0.4 is 18.3 Å². The van der Waals surface area contributed by atoms with Gasteiger partial charge >= 0.3 is 0 Å². The van der Waals surface area contributed by atoms with Crippen LogP contribution in [0.1, 0.15) is 131 Å². The fourth-order valence-corrected chi connectivity index (χ4v) is 12.8. The second-order valence-electron chi connectivity index (χ2n) is 30.0. The highest BCUT2D eigenvalue weighted by atomic mass is 14.9. The molecule has 0 aliphatic rings. The van der Waals surface area contributed by atoms with Crippen molar-refractivity contribution in [3.63, 3.8) is 0 Å². The SMILES string of the molecule is Cc1ccccc1-c1cc(-c2cccc(CC(C)(C)C)c2)cc[n+]1C.Cc1ccccc1-c1cc(-c2cccc(CC(C)C)c2)cc[n+]1C.[2H]C(C)(c1cccc(-c2cc[n+](C)c(-c3ccccc3C)c2)c1)C(C)C.[2H]C([2H])(c1ccc(-c2cc[n+](C)c(-c3ccccc3C)c2)cc1)C(C)(C)C. The first-order valence-corrected chi connectivity index (χ1v) is 35.4. The zero-order valence-electron chi connectivity index (χ0n) is 65.8. The van der Waals surface area contributed by atoms with Crippen LogP contribution >= 0.6 is 0 Å². The number of hydrogen-bond acceptors (Lipinski definition) is 0. The number of hydrogen-bond donors (Lipinski definition) is 0. The summed E-state index contributed by atoms with van der Waals surface area (Å²) in [6, 6.07) is 86.0. The fraction of sp³-hybridized carbons (Fsp3) is 0.284. The summed E-state index contributed by atoms with van der Waals surface area (Å²) in [6.07, 6.45) is 9.36. The summed E-state index contributed by atoms with van der Waals surface area (Å²) >= 11 is 0. The quantitative estimate of drug-likeness (QED) is 0.0965. The van der Waals surface area contributed by atoms with E-state index in [0.717, 1.165) is 40.7 Å². The van der Waals surface area contributed by atoms with Gasteiger partial charge in [0.2, 0.25) is 22.8 Å². The van der Waals surface area contributed by atoms with Crippen molar-refractivity contribution in [3.05, 3.63) is 312 Å². The maximum Gasteiger partial charge on any atom is 0.213 e. The third-order valence-electron chi connectivity index (χ3n) is 18.4. The van der Waals surface area contributed by atoms with Gasteiger partial charge in [-0.05, 0) is 189 Å². The molecule has 12 aromatic rings. The van der Waals surface area contributed by atoms with Crippen molar-refractivity contribution in [1.29, 1.82) is 0 Å². The highest BCUT2D eigenvalue weighted by Gasteiger charge is 2.21. The molecule has 0 amide bonds. The minimum Gasteiger partial charge on any atom is -0.201 e. The predicted molar refractivity (Wildman–Crippen MR) is 421 cm³/mol. The average Bonchev–Trinajstić information content (AvgIpc) is 0.802. The molecule has 0 aliphatic carbocycles. The summed E-state index contributed by atoms with van der Waals surface area (Å²) in [4.78, 5) is 0. The van der Waals surface area contributed by atoms with Crippen molar-refractivity contribution in [2.24, 2.45) is 50.9 Å². The van der Waals surface area contributed by atoms with E-state index in [-0.39, 0.29) is 5.92 Å². The number of aromatic nitrogens is 4. The van der Waals surface area contributed by atoms with Gasteiger partial charge in [0.25, 0.3) is 0 Å². The van der Waals surface area contributed by atoms with E-state index in [0.29, 0.717) is 11.3 Å². The Bertz CT molecular complexity index is 4830. The van der Waals surface area contributed by atoms with Crippen LogP contribution in [0.15, 0.2) is 267 Å². The zero-order chi connectivity index (χ0) is 73.8. The molecule has 506 valence electrons. The molecular formula is C95H110N4+4. The summed E-state index contributed by atoms with van der Waals surface area (Å²) in [5.74, 6) is 0.346. The monoisotopic (exact) mass is 1310 g/mol. The normalized spacial score (nSPS) is 12.6. The van der Waals surface area contributed by atoms with Gasteiger partial charge in [0.05, 0.1) is 0 Å². The van der Waals surface area contributed by atoms with Crippen LogP contribution in [0.3, 0.4) is 0 Å². The van der Waals surface area contributed by atoms with Crippen molar-refractivity contribution in [2.45, 2.75) is 129 Å². The van der Waals surface area contributed by atoms with Crippen molar-refractivity contribution in [3.8, 4) is 89.5 Å². The van der Waals surface area contributed by atoms with E-state index in [4.69, 9.17) is 4.11 Å². The van der Waals surface area contributed by atoms with Gasteiger partial charge in [-0.15, -0.1) is 0 Å². The van der Waals surface area contributed by atoms with E-state index >= 15 is 0 Å². The van der Waals surface area contributed by atoms with Crippen LogP contribution in [0, 0.1) is 50.4 Å². The van der Waals surface area contributed by atoms with Gasteiger partial charge in [-0.25, -0.2) is 18.3 Å². The molecule has 0 bridgehead atoms. The molecule has 99 heavy (non-hydrogen) atoms. The van der Waals surface area contributed by atoms with E-state index in [1.54, 1.807) is 0 Å². The van der Waals surface area contributed by atoms with Crippen molar-refractivity contribution >= 4 is 0 Å². The molecule has 4 heterocycles. The third kappa shape index (κ3) is 20.3. The Balaban J connectivity index is 0.000000158. The second kappa shape index (κ2) is 33.3. The summed E-state index contributed by atoms with van der Waals surface area (Å²) in [5.41, 5.74) is 29.2. The Kier molecular flexibility index (Phi) is 23.3. The molecule has 0 fully saturated rings. The molecule has 12 rings (SSSR count). The lowest BCUT2D eigenvalue weighted by molar-refractivity contribution is -0.660. The lowest BCUT2D eigenvalue weighted by Gasteiger charge is -2.18. The highest BCUT2D eigenvalue weighted by molar-refractivity contribution is 5.74. The van der Waals surface area contributed by atoms with Gasteiger partial charge in [-0.1, -0.05) is 246 Å². The highest BCUT2D eigenvalue weighted by Crippen LogP contribution is 2.34. The third-order valence-corrected chi connectivity index (χ3v) is 18.4. The molecule has 1 atom stereocenters. The number of aryl methyl sites for hydroxylation is 8. The van der Waals surface area contributed by atoms with Crippen molar-refractivity contribution < 1.29 is 22.4 Å². The number of nitrogens with zero attached hydrogens (tertiary/aromatic N) is 4. The summed E-state index contributed by atoms with van der Waals surface area (Å²) in [5, 5.41) is 0. The van der Waals surface area contributed by atoms with Crippen molar-refractivity contribution in [2.75, 3.05) is 0 Å². The molecule has 1 unspecified atom stereocenters. The molecule has 4 aromatic heterocycles. The minimum atomic E-state index is -1.37. The minimum absolute atomic E-state index is 0.258. The second-order valence-corrected chi connectivity index (χ2v) is 30.0. The summed E-state index contributed by atoms with van der Waals surface area (Å²) in [7, 11) is 8.37. The first-order chi connectivity index (χ1) is 48.3. The first-order valence-electron chi connectivity index (χ1n) is 36.9. The maximum atomic E-state index is 8.72. The van der Waals surface area contributed by atoms with E-state index < -0.39 is 17.7 Å². The van der Waals surface area contributed by atoms with Gasteiger partial charge in [0.15, 0.2) is 24.8 Å². The molecule has 0 saturated carbocycles. The number of pyridine rings is 4. The van der Waals surface area contributed by atoms with Crippen LogP contribution in [0.4, 0.5) is 0 Å². The van der Waals surface area contributed by atoms with Gasteiger partial charge < -0.3 is 0 Å². The van der Waals surface area contributed by atoms with Gasteiger partial charge in [-0.2, -0.15) is 0 Å². The first kappa shape index (κ1) is 69.3. The topological polar surface area (TPSA) is 15.5 Å². The average molecular weight is 1310 g/mol. The molecule has 8 aromatic carbocycles. The van der Waals surface area contributed by atoms with Gasteiger partial charge in [-0.3, -0.25) is 0 Å². The maximum absolute atomic E-state index is 8.72. The molecular weight excluding hydrogens is 1200 g/mol. The molecule has 0 N–H and O–H groups in total. The Labute approximate surface area is 600 Å². The van der Waals surface area contributed by atoms with Crippen LogP contribution in [-0.4, -0.2) is 0 Å². The lowest BCUT2D eigenvalue weighted by atomic mass is 9.87. The Morgan fingerprint density at radius 2 is 0.646 bits per heavy atom. The Morgan fingerprint density at radius 3 is 0.990 bits per heavy atom. The van der Waals surface area contributed by atoms with Gasteiger partial charge in [0, 0.05) is 74.9 Å². The Morgan fingerprint density at radius 1 is 0.323 bits per heavy atom.